The number of guanidine groups is 1. The van der Waals surface area contributed by atoms with E-state index in [1.165, 1.54) is 17.7 Å². The number of ether oxygens (including phenoxy) is 1. The predicted octanol–water partition coefficient (Wildman–Crippen LogP) is 4.51. The summed E-state index contributed by atoms with van der Waals surface area (Å²) in [5.74, 6) is 1.16. The summed E-state index contributed by atoms with van der Waals surface area (Å²) in [7, 11) is 1.74. The Balaban J connectivity index is 0.00000320. The normalized spacial score (nSPS) is 15.7. The van der Waals surface area contributed by atoms with Gasteiger partial charge >= 0.3 is 0 Å². The summed E-state index contributed by atoms with van der Waals surface area (Å²) in [5, 5.41) is 8.84. The van der Waals surface area contributed by atoms with Crippen LogP contribution in [0.5, 0.6) is 5.75 Å². The number of hydrogen-bond donors (Lipinski definition) is 2. The van der Waals surface area contributed by atoms with Crippen LogP contribution in [-0.4, -0.2) is 50.6 Å². The maximum absolute atomic E-state index is 12.3. The average Bonchev–Trinajstić information content (AvgIpc) is 3.44. The van der Waals surface area contributed by atoms with Gasteiger partial charge in [0, 0.05) is 25.0 Å². The van der Waals surface area contributed by atoms with E-state index in [9.17, 15) is 8.78 Å². The highest BCUT2D eigenvalue weighted by molar-refractivity contribution is 14.0. The summed E-state index contributed by atoms with van der Waals surface area (Å²) >= 11 is 1.79. The molecule has 0 amide bonds. The average molecular weight is 550 g/mol. The number of rotatable bonds is 9. The number of aliphatic imine (C=N–C) groups is 1. The molecular formula is C21H29F2IN4OS. The van der Waals surface area contributed by atoms with Gasteiger partial charge in [0.25, 0.3) is 6.43 Å². The van der Waals surface area contributed by atoms with Gasteiger partial charge in [-0.2, -0.15) is 0 Å². The summed E-state index contributed by atoms with van der Waals surface area (Å²) in [6.07, 6.45) is 0.0178. The minimum absolute atomic E-state index is 0. The van der Waals surface area contributed by atoms with E-state index in [4.69, 9.17) is 4.74 Å². The second-order valence-electron chi connectivity index (χ2n) is 6.93. The van der Waals surface area contributed by atoms with Crippen LogP contribution in [0.15, 0.2) is 46.8 Å². The zero-order chi connectivity index (χ0) is 20.5. The largest absolute Gasteiger partial charge is 0.488 e. The van der Waals surface area contributed by atoms with Gasteiger partial charge in [0.2, 0.25) is 0 Å². The second-order valence-corrected chi connectivity index (χ2v) is 7.91. The van der Waals surface area contributed by atoms with Crippen molar-refractivity contribution in [3.63, 3.8) is 0 Å². The number of thiophene rings is 1. The lowest BCUT2D eigenvalue weighted by atomic mass is 10.2. The predicted molar refractivity (Wildman–Crippen MR) is 129 cm³/mol. The van der Waals surface area contributed by atoms with Gasteiger partial charge in [0.05, 0.1) is 6.04 Å². The van der Waals surface area contributed by atoms with E-state index in [1.54, 1.807) is 36.6 Å². The van der Waals surface area contributed by atoms with Crippen molar-refractivity contribution in [3.8, 4) is 5.75 Å². The van der Waals surface area contributed by atoms with Crippen LogP contribution in [0, 0.1) is 0 Å². The lowest BCUT2D eigenvalue weighted by molar-refractivity contribution is 0.0818. The van der Waals surface area contributed by atoms with Gasteiger partial charge in [-0.3, -0.25) is 9.89 Å². The molecule has 9 heteroatoms. The standard InChI is InChI=1S/C21H28F2N4OS.HI/c1-24-21(25-13-16-6-4-7-17(12-16)28-15-20(22)23)26-14-18(19-8-5-11-29-19)27-9-2-3-10-27;/h4-8,11-12,18,20H,2-3,9-10,13-15H2,1H3,(H2,24,25,26);1H. The SMILES string of the molecule is CN=C(NCc1cccc(OCC(F)F)c1)NCC(c1cccs1)N1CCCC1.I. The van der Waals surface area contributed by atoms with Crippen LogP contribution in [0.25, 0.3) is 0 Å². The molecule has 2 aromatic rings. The number of nitrogens with zero attached hydrogens (tertiary/aromatic N) is 2. The van der Waals surface area contributed by atoms with E-state index < -0.39 is 13.0 Å². The van der Waals surface area contributed by atoms with Crippen LogP contribution in [0.2, 0.25) is 0 Å². The first-order chi connectivity index (χ1) is 14.2. The topological polar surface area (TPSA) is 48.9 Å². The molecule has 5 nitrogen and oxygen atoms in total. The van der Waals surface area contributed by atoms with E-state index in [0.29, 0.717) is 24.3 Å². The third-order valence-electron chi connectivity index (χ3n) is 4.87. The van der Waals surface area contributed by atoms with Crippen molar-refractivity contribution in [2.45, 2.75) is 31.9 Å². The third kappa shape index (κ3) is 7.66. The number of benzene rings is 1. The molecule has 30 heavy (non-hydrogen) atoms. The van der Waals surface area contributed by atoms with Crippen LogP contribution < -0.4 is 15.4 Å². The van der Waals surface area contributed by atoms with Crippen LogP contribution >= 0.6 is 35.3 Å². The van der Waals surface area contributed by atoms with Crippen molar-refractivity contribution in [2.75, 3.05) is 33.3 Å². The molecule has 0 spiro atoms. The molecule has 1 aliphatic rings. The number of alkyl halides is 2. The molecule has 1 saturated heterocycles. The van der Waals surface area contributed by atoms with Gasteiger partial charge in [0.1, 0.15) is 12.4 Å². The third-order valence-corrected chi connectivity index (χ3v) is 5.85. The minimum Gasteiger partial charge on any atom is -0.488 e. The summed E-state index contributed by atoms with van der Waals surface area (Å²) < 4.78 is 29.7. The van der Waals surface area contributed by atoms with Crippen molar-refractivity contribution < 1.29 is 13.5 Å². The molecule has 2 heterocycles. The molecule has 3 rings (SSSR count). The Morgan fingerprint density at radius 3 is 2.67 bits per heavy atom. The molecule has 2 N–H and O–H groups in total. The highest BCUT2D eigenvalue weighted by atomic mass is 127. The van der Waals surface area contributed by atoms with Gasteiger partial charge in [-0.1, -0.05) is 18.2 Å². The zero-order valence-electron chi connectivity index (χ0n) is 17.0. The molecule has 0 aliphatic carbocycles. The minimum atomic E-state index is -2.48. The van der Waals surface area contributed by atoms with Crippen molar-refractivity contribution in [3.05, 3.63) is 52.2 Å². The Bertz CT molecular complexity index is 770. The first-order valence-corrected chi connectivity index (χ1v) is 10.8. The summed E-state index contributed by atoms with van der Waals surface area (Å²) in [4.78, 5) is 8.20. The molecule has 0 saturated carbocycles. The van der Waals surface area contributed by atoms with E-state index in [0.717, 1.165) is 25.2 Å². The van der Waals surface area contributed by atoms with Crippen molar-refractivity contribution in [1.29, 1.82) is 0 Å². The molecule has 0 bridgehead atoms. The van der Waals surface area contributed by atoms with E-state index in [-0.39, 0.29) is 24.0 Å². The fraction of sp³-hybridized carbons (Fsp3) is 0.476. The molecule has 1 aliphatic heterocycles. The molecular weight excluding hydrogens is 521 g/mol. The Morgan fingerprint density at radius 1 is 1.20 bits per heavy atom. The summed E-state index contributed by atoms with van der Waals surface area (Å²) in [6, 6.07) is 11.8. The van der Waals surface area contributed by atoms with Crippen LogP contribution in [-0.2, 0) is 6.54 Å². The summed E-state index contributed by atoms with van der Waals surface area (Å²) in [6.45, 7) is 2.96. The lowest BCUT2D eigenvalue weighted by Crippen LogP contribution is -2.42. The van der Waals surface area contributed by atoms with Crippen molar-refractivity contribution >= 4 is 41.3 Å². The first-order valence-electron chi connectivity index (χ1n) is 9.87. The number of halogens is 3. The highest BCUT2D eigenvalue weighted by Gasteiger charge is 2.24. The number of hydrogen-bond acceptors (Lipinski definition) is 4. The van der Waals surface area contributed by atoms with Gasteiger partial charge in [-0.25, -0.2) is 8.78 Å². The molecule has 1 unspecified atom stereocenters. The Kier molecular flexibility index (Phi) is 10.8. The van der Waals surface area contributed by atoms with E-state index >= 15 is 0 Å². The Morgan fingerprint density at radius 2 is 2.00 bits per heavy atom. The van der Waals surface area contributed by atoms with Crippen LogP contribution in [0.1, 0.15) is 29.3 Å². The molecule has 1 aromatic carbocycles. The maximum atomic E-state index is 12.3. The lowest BCUT2D eigenvalue weighted by Gasteiger charge is -2.27. The fourth-order valence-electron chi connectivity index (χ4n) is 3.45. The molecule has 0 radical (unpaired) electrons. The number of likely N-dealkylation sites (tertiary alicyclic amines) is 1. The molecule has 1 fully saturated rings. The summed E-state index contributed by atoms with van der Waals surface area (Å²) in [5.41, 5.74) is 0.939. The molecule has 1 aromatic heterocycles. The van der Waals surface area contributed by atoms with Crippen LogP contribution in [0.4, 0.5) is 8.78 Å². The number of nitrogens with one attached hydrogen (secondary N) is 2. The zero-order valence-corrected chi connectivity index (χ0v) is 20.2. The molecule has 166 valence electrons. The van der Waals surface area contributed by atoms with E-state index in [2.05, 4.69) is 38.0 Å². The smallest absolute Gasteiger partial charge is 0.272 e. The Labute approximate surface area is 197 Å². The molecule has 1 atom stereocenters. The first kappa shape index (κ1) is 24.8. The second kappa shape index (κ2) is 13.1. The Hall–Kier alpha value is -1.46. The monoisotopic (exact) mass is 550 g/mol. The fourth-order valence-corrected chi connectivity index (χ4v) is 4.31. The quantitative estimate of drug-likeness (QED) is 0.274. The highest BCUT2D eigenvalue weighted by Crippen LogP contribution is 2.27. The van der Waals surface area contributed by atoms with Gasteiger partial charge in [-0.15, -0.1) is 35.3 Å². The van der Waals surface area contributed by atoms with Crippen molar-refractivity contribution in [2.24, 2.45) is 4.99 Å². The van der Waals surface area contributed by atoms with E-state index in [1.807, 2.05) is 6.07 Å². The maximum Gasteiger partial charge on any atom is 0.272 e. The van der Waals surface area contributed by atoms with Gasteiger partial charge in [-0.05, 0) is 55.1 Å². The van der Waals surface area contributed by atoms with Crippen LogP contribution in [0.3, 0.4) is 0 Å². The van der Waals surface area contributed by atoms with Crippen molar-refractivity contribution in [1.82, 2.24) is 15.5 Å². The van der Waals surface area contributed by atoms with Gasteiger partial charge < -0.3 is 15.4 Å². The van der Waals surface area contributed by atoms with Gasteiger partial charge in [0.15, 0.2) is 5.96 Å².